The average molecular weight is 1070 g/mol. The van der Waals surface area contributed by atoms with E-state index in [4.69, 9.17) is 48.8 Å². The van der Waals surface area contributed by atoms with Crippen LogP contribution in [0.1, 0.15) is 73.9 Å². The summed E-state index contributed by atoms with van der Waals surface area (Å²) in [6.07, 6.45) is -1.15. The molecule has 20 heteroatoms. The molecule has 2 fully saturated rings. The Morgan fingerprint density at radius 1 is 0.716 bits per heavy atom. The molecule has 2 aliphatic rings. The van der Waals surface area contributed by atoms with Crippen LogP contribution in [0.25, 0.3) is 0 Å². The van der Waals surface area contributed by atoms with E-state index in [1.54, 1.807) is 58.4 Å². The van der Waals surface area contributed by atoms with Crippen LogP contribution >= 0.6 is 19.2 Å². The van der Waals surface area contributed by atoms with Crippen LogP contribution in [-0.2, 0) is 33.3 Å². The van der Waals surface area contributed by atoms with Gasteiger partial charge in [0.15, 0.2) is 8.32 Å². The van der Waals surface area contributed by atoms with Crippen molar-refractivity contribution in [2.75, 3.05) is 20.8 Å². The van der Waals surface area contributed by atoms with E-state index in [0.717, 1.165) is 16.7 Å². The highest BCUT2D eigenvalue weighted by molar-refractivity contribution is 7.57. The van der Waals surface area contributed by atoms with Gasteiger partial charge in [0.1, 0.15) is 53.6 Å². The van der Waals surface area contributed by atoms with Crippen molar-refractivity contribution in [2.24, 2.45) is 0 Å². The van der Waals surface area contributed by atoms with E-state index >= 15 is 4.57 Å². The summed E-state index contributed by atoms with van der Waals surface area (Å²) in [4.78, 5) is 56.5. The fourth-order valence-corrected chi connectivity index (χ4v) is 12.0. The van der Waals surface area contributed by atoms with E-state index < -0.39 is 80.9 Å². The zero-order valence-electron chi connectivity index (χ0n) is 42.7. The number of ether oxygens (including phenoxy) is 5. The van der Waals surface area contributed by atoms with Crippen LogP contribution in [0.3, 0.4) is 0 Å². The largest absolute Gasteiger partial charge is 0.497 e. The number of halogens is 1. The minimum atomic E-state index is -4.55. The zero-order chi connectivity index (χ0) is 53.2. The Hall–Kier alpha value is -6.08. The Balaban J connectivity index is 1.22. The number of aryl methyl sites for hydroxylation is 2. The number of hydrogen-bond acceptors (Lipinski definition) is 13. The third kappa shape index (κ3) is 11.6. The predicted octanol–water partition coefficient (Wildman–Crippen LogP) is 9.52. The topological polar surface area (TPSA) is 201 Å². The minimum Gasteiger partial charge on any atom is -0.497 e. The normalized spacial score (nSPS) is 21.2. The van der Waals surface area contributed by atoms with Crippen molar-refractivity contribution in [1.29, 1.82) is 0 Å². The lowest BCUT2D eigenvalue weighted by Crippen LogP contribution is -2.45. The first kappa shape index (κ1) is 54.2. The summed E-state index contributed by atoms with van der Waals surface area (Å²) in [6.45, 7) is 13.4. The molecule has 1 unspecified atom stereocenters. The Morgan fingerprint density at radius 3 is 1.74 bits per heavy atom. The number of aromatic amines is 2. The fourth-order valence-electron chi connectivity index (χ4n) is 8.81. The number of nitrogens with one attached hydrogen (secondary N) is 2. The second-order valence-electron chi connectivity index (χ2n) is 19.9. The lowest BCUT2D eigenvalue weighted by atomic mass is 9.80. The van der Waals surface area contributed by atoms with E-state index in [-0.39, 0.29) is 40.8 Å². The van der Waals surface area contributed by atoms with Crippen LogP contribution in [0, 0.1) is 13.8 Å². The number of aromatic nitrogens is 4. The lowest BCUT2D eigenvalue weighted by Gasteiger charge is -2.39. The van der Waals surface area contributed by atoms with Gasteiger partial charge in [0.2, 0.25) is 0 Å². The van der Waals surface area contributed by atoms with Gasteiger partial charge < -0.3 is 32.6 Å². The van der Waals surface area contributed by atoms with Gasteiger partial charge in [-0.3, -0.25) is 33.2 Å². The van der Waals surface area contributed by atoms with Crippen molar-refractivity contribution in [2.45, 2.75) is 108 Å². The van der Waals surface area contributed by atoms with Crippen molar-refractivity contribution in [3.05, 3.63) is 202 Å². The molecule has 2 aromatic heterocycles. The van der Waals surface area contributed by atoms with Crippen LogP contribution in [0.5, 0.6) is 17.2 Å². The van der Waals surface area contributed by atoms with Crippen molar-refractivity contribution >= 4 is 27.5 Å². The first-order chi connectivity index (χ1) is 35.1. The highest BCUT2D eigenvalue weighted by Crippen LogP contribution is 2.55. The second kappa shape index (κ2) is 22.0. The number of para-hydroxylation sites is 1. The van der Waals surface area contributed by atoms with Crippen molar-refractivity contribution < 1.29 is 41.7 Å². The molecule has 6 aromatic rings. The van der Waals surface area contributed by atoms with Crippen LogP contribution in [0.2, 0.25) is 23.2 Å². The first-order valence-corrected chi connectivity index (χ1v) is 29.1. The number of nitrogens with zero attached hydrogens (tertiary/aromatic N) is 2. The van der Waals surface area contributed by atoms with E-state index in [0.29, 0.717) is 17.1 Å². The molecule has 8 rings (SSSR count). The molecule has 0 aliphatic carbocycles. The maximum Gasteiger partial charge on any atom is 0.403 e. The number of benzene rings is 4. The minimum absolute atomic E-state index is 0.0505. The molecule has 0 amide bonds. The van der Waals surface area contributed by atoms with Crippen molar-refractivity contribution in [1.82, 2.24) is 19.1 Å². The summed E-state index contributed by atoms with van der Waals surface area (Å²) in [5.41, 5.74) is -0.996. The van der Waals surface area contributed by atoms with E-state index in [9.17, 15) is 19.2 Å². The number of rotatable bonds is 18. The van der Waals surface area contributed by atoms with Crippen molar-refractivity contribution in [3.8, 4) is 17.2 Å². The van der Waals surface area contributed by atoms with Crippen LogP contribution in [-0.4, -0.2) is 72.7 Å². The number of hydrogen-bond donors (Lipinski definition) is 2. The Bertz CT molecular complexity index is 3220. The van der Waals surface area contributed by atoms with Gasteiger partial charge in [0.25, 0.3) is 11.1 Å². The second-order valence-corrected chi connectivity index (χ2v) is 26.8. The van der Waals surface area contributed by atoms with Crippen LogP contribution < -0.4 is 36.5 Å². The van der Waals surface area contributed by atoms with Gasteiger partial charge in [-0.25, -0.2) is 14.2 Å². The molecule has 392 valence electrons. The van der Waals surface area contributed by atoms with Gasteiger partial charge >= 0.3 is 19.0 Å². The maximum atomic E-state index is 15.8. The standard InChI is InChI=1S/C54H62ClN4O13PSi/c1-34-31-58(51(62)56-49(34)60)47-29-44(46(69-47)33-67-54(36-15-11-10-12-16-36,37-19-23-39(65-6)24-20-37)38-21-25-40(66-7)26-22-38)71-73(64,70-42-18-14-13-17-41(42)55)28-27-43-45(72-74(8,9)53(3,4)5)30-48(68-43)59-32-35(2)50(61)57-52(59)63/h10-28,31-32,43-48H,29-30,33H2,1-9H3,(H,56,60,62)(H,57,61,63)/b28-27+/t43-,44+,45+,46-,47-,48-,73?/m1/s1. The quantitative estimate of drug-likeness (QED) is 0.0469. The highest BCUT2D eigenvalue weighted by atomic mass is 35.5. The molecule has 0 saturated carbocycles. The van der Waals surface area contributed by atoms with Gasteiger partial charge in [0, 0.05) is 42.2 Å². The van der Waals surface area contributed by atoms with Gasteiger partial charge in [-0.05, 0) is 91.1 Å². The summed E-state index contributed by atoms with van der Waals surface area (Å²) < 4.78 is 70.1. The third-order valence-corrected chi connectivity index (χ3v) is 20.3. The summed E-state index contributed by atoms with van der Waals surface area (Å²) in [5.74, 6) is 2.59. The molecule has 2 saturated heterocycles. The third-order valence-electron chi connectivity index (χ3n) is 13.9. The molecule has 7 atom stereocenters. The Kier molecular flexibility index (Phi) is 16.1. The van der Waals surface area contributed by atoms with Crippen LogP contribution in [0.15, 0.2) is 147 Å². The molecule has 4 aromatic carbocycles. The highest BCUT2D eigenvalue weighted by Gasteiger charge is 2.48. The summed E-state index contributed by atoms with van der Waals surface area (Å²) >= 11 is 6.68. The molecular formula is C54H62ClN4O13PSi. The molecular weight excluding hydrogens is 1010 g/mol. The van der Waals surface area contributed by atoms with Gasteiger partial charge in [-0.15, -0.1) is 0 Å². The molecule has 2 N–H and O–H groups in total. The zero-order valence-corrected chi connectivity index (χ0v) is 45.4. The van der Waals surface area contributed by atoms with Gasteiger partial charge in [0.05, 0.1) is 32.0 Å². The molecule has 0 radical (unpaired) electrons. The van der Waals surface area contributed by atoms with Gasteiger partial charge in [-0.2, -0.15) is 0 Å². The molecule has 17 nitrogen and oxygen atoms in total. The molecule has 0 bridgehead atoms. The molecule has 2 aliphatic heterocycles. The Morgan fingerprint density at radius 2 is 1.22 bits per heavy atom. The fraction of sp³-hybridized carbons (Fsp3) is 0.370. The van der Waals surface area contributed by atoms with Crippen molar-refractivity contribution in [3.63, 3.8) is 0 Å². The smallest absolute Gasteiger partial charge is 0.403 e. The summed E-state index contributed by atoms with van der Waals surface area (Å²) in [6, 6.07) is 31.1. The first-order valence-electron chi connectivity index (χ1n) is 24.2. The number of methoxy groups -OCH3 is 2. The Labute approximate surface area is 434 Å². The maximum absolute atomic E-state index is 15.8. The molecule has 0 spiro atoms. The lowest BCUT2D eigenvalue weighted by molar-refractivity contribution is -0.0920. The van der Waals surface area contributed by atoms with E-state index in [1.807, 2.05) is 78.9 Å². The molecule has 4 heterocycles. The van der Waals surface area contributed by atoms with E-state index in [2.05, 4.69) is 43.8 Å². The average Bonchev–Trinajstić information content (AvgIpc) is 3.96. The summed E-state index contributed by atoms with van der Waals surface area (Å²) in [7, 11) is -3.90. The monoisotopic (exact) mass is 1070 g/mol. The number of H-pyrrole nitrogens is 2. The van der Waals surface area contributed by atoms with Crippen LogP contribution in [0.4, 0.5) is 0 Å². The molecule has 74 heavy (non-hydrogen) atoms. The van der Waals surface area contributed by atoms with E-state index in [1.165, 1.54) is 27.3 Å². The summed E-state index contributed by atoms with van der Waals surface area (Å²) in [5, 5.41) is -0.0754. The predicted molar refractivity (Wildman–Crippen MR) is 283 cm³/mol. The SMILES string of the molecule is COc1ccc(C(OC[C@H]2O[C@@H](n3cc(C)c(=O)[nH]c3=O)C[C@@H]2OP(=O)(/C=C/[C@H]2O[C@@H](n3cc(C)c(=O)[nH]c3=O)C[C@@H]2O[Si](C)(C)C(C)(C)C)Oc2ccccc2Cl)(c2ccccc2)c2ccc(OC)cc2)cc1. The van der Waals surface area contributed by atoms with Gasteiger partial charge in [-0.1, -0.05) is 99.1 Å².